The highest BCUT2D eigenvalue weighted by molar-refractivity contribution is 5.81. The molecule has 0 saturated heterocycles. The van der Waals surface area contributed by atoms with E-state index in [4.69, 9.17) is 0 Å². The Morgan fingerprint density at radius 2 is 1.22 bits per heavy atom. The van der Waals surface area contributed by atoms with Gasteiger partial charge in [0.15, 0.2) is 0 Å². The van der Waals surface area contributed by atoms with Gasteiger partial charge in [0.1, 0.15) is 0 Å². The van der Waals surface area contributed by atoms with Crippen molar-refractivity contribution in [3.8, 4) is 0 Å². The van der Waals surface area contributed by atoms with Crippen LogP contribution in [0.2, 0.25) is 0 Å². The highest BCUT2D eigenvalue weighted by atomic mass is 16.3. The van der Waals surface area contributed by atoms with Gasteiger partial charge in [0.05, 0.1) is 18.8 Å². The minimum absolute atomic E-state index is 0.133. The Morgan fingerprint density at radius 1 is 0.815 bits per heavy atom. The average molecular weight is 386 g/mol. The Labute approximate surface area is 168 Å². The smallest absolute Gasteiger partial charge is 0.225 e. The number of aliphatic hydroxyl groups is 2. The van der Waals surface area contributed by atoms with Gasteiger partial charge in [-0.25, -0.2) is 0 Å². The number of nitrogens with one attached hydrogen (secondary N) is 1. The maximum Gasteiger partial charge on any atom is 0.225 e. The van der Waals surface area contributed by atoms with Gasteiger partial charge >= 0.3 is 0 Å². The Kier molecular flexibility index (Phi) is 16.0. The standard InChI is InChI=1S/C23H47NO3/c1-5-6-7-8-9-10-11-12-13-14-15-16-17-18-21(26)20(19-25)24-22(27)23(2,3)4/h20-21,25-26H,5-19H2,1-4H3,(H,24,27)/t20-,21+/m0/s1. The second-order valence-electron chi connectivity index (χ2n) is 9.11. The second kappa shape index (κ2) is 16.4. The average Bonchev–Trinajstić information content (AvgIpc) is 2.62. The molecule has 0 rings (SSSR count). The number of rotatable bonds is 17. The molecule has 0 aromatic rings. The first-order valence-electron chi connectivity index (χ1n) is 11.4. The summed E-state index contributed by atoms with van der Waals surface area (Å²) < 4.78 is 0. The molecule has 0 heterocycles. The van der Waals surface area contributed by atoms with E-state index in [2.05, 4.69) is 12.2 Å². The largest absolute Gasteiger partial charge is 0.394 e. The predicted octanol–water partition coefficient (Wildman–Crippen LogP) is 5.35. The van der Waals surface area contributed by atoms with Gasteiger partial charge in [-0.05, 0) is 6.42 Å². The molecule has 0 unspecified atom stereocenters. The van der Waals surface area contributed by atoms with E-state index in [1.54, 1.807) is 0 Å². The van der Waals surface area contributed by atoms with Crippen molar-refractivity contribution in [2.24, 2.45) is 5.41 Å². The monoisotopic (exact) mass is 385 g/mol. The van der Waals surface area contributed by atoms with E-state index < -0.39 is 17.6 Å². The number of unbranched alkanes of at least 4 members (excludes halogenated alkanes) is 12. The summed E-state index contributed by atoms with van der Waals surface area (Å²) in [6.45, 7) is 7.53. The first-order valence-corrected chi connectivity index (χ1v) is 11.4. The van der Waals surface area contributed by atoms with Crippen LogP contribution >= 0.6 is 0 Å². The van der Waals surface area contributed by atoms with E-state index in [0.717, 1.165) is 12.8 Å². The molecule has 0 radical (unpaired) electrons. The van der Waals surface area contributed by atoms with Crippen LogP contribution in [-0.2, 0) is 4.79 Å². The van der Waals surface area contributed by atoms with Gasteiger partial charge in [-0.15, -0.1) is 0 Å². The van der Waals surface area contributed by atoms with Crippen LogP contribution in [0.15, 0.2) is 0 Å². The Bertz CT molecular complexity index is 352. The van der Waals surface area contributed by atoms with Gasteiger partial charge in [0.2, 0.25) is 5.91 Å². The maximum absolute atomic E-state index is 12.0. The molecule has 1 amide bonds. The lowest BCUT2D eigenvalue weighted by atomic mass is 9.94. The third-order valence-electron chi connectivity index (χ3n) is 5.26. The Hall–Kier alpha value is -0.610. The molecular weight excluding hydrogens is 338 g/mol. The third-order valence-corrected chi connectivity index (χ3v) is 5.26. The number of aliphatic hydroxyl groups excluding tert-OH is 2. The maximum atomic E-state index is 12.0. The van der Waals surface area contributed by atoms with Crippen molar-refractivity contribution in [3.05, 3.63) is 0 Å². The fourth-order valence-corrected chi connectivity index (χ4v) is 3.22. The first-order chi connectivity index (χ1) is 12.8. The molecule has 0 aliphatic carbocycles. The molecule has 0 spiro atoms. The van der Waals surface area contributed by atoms with Gasteiger partial charge in [0, 0.05) is 5.41 Å². The lowest BCUT2D eigenvalue weighted by Crippen LogP contribution is -2.49. The minimum atomic E-state index is -0.672. The summed E-state index contributed by atoms with van der Waals surface area (Å²) >= 11 is 0. The summed E-state index contributed by atoms with van der Waals surface area (Å²) in [6, 6.07) is -0.561. The first kappa shape index (κ1) is 26.4. The van der Waals surface area contributed by atoms with Crippen molar-refractivity contribution < 1.29 is 15.0 Å². The van der Waals surface area contributed by atoms with Crippen LogP contribution in [0.25, 0.3) is 0 Å². The fraction of sp³-hybridized carbons (Fsp3) is 0.957. The zero-order valence-electron chi connectivity index (χ0n) is 18.6. The molecule has 27 heavy (non-hydrogen) atoms. The molecule has 0 bridgehead atoms. The van der Waals surface area contributed by atoms with E-state index in [9.17, 15) is 15.0 Å². The fourth-order valence-electron chi connectivity index (χ4n) is 3.22. The van der Waals surface area contributed by atoms with Crippen molar-refractivity contribution in [3.63, 3.8) is 0 Å². The van der Waals surface area contributed by atoms with Gasteiger partial charge in [0.25, 0.3) is 0 Å². The van der Waals surface area contributed by atoms with Crippen LogP contribution < -0.4 is 5.32 Å². The van der Waals surface area contributed by atoms with Gasteiger partial charge in [-0.2, -0.15) is 0 Å². The molecule has 0 aliphatic rings. The van der Waals surface area contributed by atoms with E-state index in [0.29, 0.717) is 6.42 Å². The third kappa shape index (κ3) is 15.0. The van der Waals surface area contributed by atoms with E-state index in [1.165, 1.54) is 70.6 Å². The number of amides is 1. The number of hydrogen-bond donors (Lipinski definition) is 3. The topological polar surface area (TPSA) is 69.6 Å². The lowest BCUT2D eigenvalue weighted by Gasteiger charge is -2.26. The summed E-state index contributed by atoms with van der Waals surface area (Å²) in [5.41, 5.74) is -0.511. The molecular formula is C23H47NO3. The molecule has 4 nitrogen and oxygen atoms in total. The SMILES string of the molecule is CCCCCCCCCCCCCCC[C@@H](O)[C@H](CO)NC(=O)C(C)(C)C. The molecule has 4 heteroatoms. The zero-order chi connectivity index (χ0) is 20.5. The normalized spacial score (nSPS) is 14.1. The van der Waals surface area contributed by atoms with Crippen LogP contribution in [0.4, 0.5) is 0 Å². The van der Waals surface area contributed by atoms with Crippen LogP contribution in [0.1, 0.15) is 118 Å². The highest BCUT2D eigenvalue weighted by Gasteiger charge is 2.26. The highest BCUT2D eigenvalue weighted by Crippen LogP contribution is 2.16. The molecule has 0 saturated carbocycles. The van der Waals surface area contributed by atoms with Gasteiger partial charge in [-0.3, -0.25) is 4.79 Å². The van der Waals surface area contributed by atoms with E-state index >= 15 is 0 Å². The summed E-state index contributed by atoms with van der Waals surface area (Å²) in [7, 11) is 0. The molecule has 3 N–H and O–H groups in total. The molecule has 0 aliphatic heterocycles. The molecule has 0 aromatic heterocycles. The van der Waals surface area contributed by atoms with Crippen molar-refractivity contribution in [1.82, 2.24) is 5.32 Å². The zero-order valence-corrected chi connectivity index (χ0v) is 18.6. The minimum Gasteiger partial charge on any atom is -0.394 e. The second-order valence-corrected chi connectivity index (χ2v) is 9.11. The quantitative estimate of drug-likeness (QED) is 0.296. The number of carbonyl (C=O) groups is 1. The van der Waals surface area contributed by atoms with Gasteiger partial charge in [-0.1, -0.05) is 111 Å². The number of hydrogen-bond acceptors (Lipinski definition) is 3. The van der Waals surface area contributed by atoms with Crippen LogP contribution in [0.3, 0.4) is 0 Å². The molecule has 0 fully saturated rings. The van der Waals surface area contributed by atoms with Crippen LogP contribution in [-0.4, -0.2) is 34.9 Å². The molecule has 0 aromatic carbocycles. The van der Waals surface area contributed by atoms with E-state index in [1.807, 2.05) is 20.8 Å². The Morgan fingerprint density at radius 3 is 1.59 bits per heavy atom. The number of carbonyl (C=O) groups excluding carboxylic acids is 1. The lowest BCUT2D eigenvalue weighted by molar-refractivity contribution is -0.130. The van der Waals surface area contributed by atoms with E-state index in [-0.39, 0.29) is 12.5 Å². The van der Waals surface area contributed by atoms with Crippen molar-refractivity contribution in [1.29, 1.82) is 0 Å². The predicted molar refractivity (Wildman–Crippen MR) is 115 cm³/mol. The van der Waals surface area contributed by atoms with Gasteiger partial charge < -0.3 is 15.5 Å². The van der Waals surface area contributed by atoms with Crippen molar-refractivity contribution in [2.75, 3.05) is 6.61 Å². The Balaban J connectivity index is 3.59. The van der Waals surface area contributed by atoms with Crippen LogP contribution in [0, 0.1) is 5.41 Å². The summed E-state index contributed by atoms with van der Waals surface area (Å²) in [5.74, 6) is -0.133. The van der Waals surface area contributed by atoms with Crippen molar-refractivity contribution >= 4 is 5.91 Å². The van der Waals surface area contributed by atoms with Crippen LogP contribution in [0.5, 0.6) is 0 Å². The van der Waals surface area contributed by atoms with Crippen molar-refractivity contribution in [2.45, 2.75) is 130 Å². The summed E-state index contributed by atoms with van der Waals surface area (Å²) in [5, 5.41) is 22.4. The summed E-state index contributed by atoms with van der Waals surface area (Å²) in [6.07, 6.45) is 16.8. The summed E-state index contributed by atoms with van der Waals surface area (Å²) in [4.78, 5) is 12.0. The molecule has 162 valence electrons. The molecule has 2 atom stereocenters.